The molecule has 1 aliphatic rings. The highest BCUT2D eigenvalue weighted by Gasteiger charge is 2.20. The zero-order chi connectivity index (χ0) is 28.7. The third kappa shape index (κ3) is 5.89. The van der Waals surface area contributed by atoms with E-state index in [1.165, 1.54) is 17.5 Å². The quantitative estimate of drug-likeness (QED) is 0.254. The third-order valence-electron chi connectivity index (χ3n) is 7.26. The van der Waals surface area contributed by atoms with Crippen LogP contribution in [-0.4, -0.2) is 60.2 Å². The second-order valence-electron chi connectivity index (χ2n) is 10.1. The summed E-state index contributed by atoms with van der Waals surface area (Å²) in [6.07, 6.45) is 9.96. The molecule has 7 rings (SSSR count). The number of aromatic nitrogens is 8. The molecule has 3 N–H and O–H groups in total. The number of benzene rings is 2. The number of hydrogen-bond acceptors (Lipinski definition) is 9. The number of ether oxygens (including phenoxy) is 1. The first-order valence-corrected chi connectivity index (χ1v) is 14.2. The van der Waals surface area contributed by atoms with Gasteiger partial charge in [0.1, 0.15) is 35.6 Å². The average Bonchev–Trinajstić information content (AvgIpc) is 3.71. The minimum absolute atomic E-state index is 0.0319. The van der Waals surface area contributed by atoms with Crippen molar-refractivity contribution in [3.8, 4) is 22.5 Å². The Morgan fingerprint density at radius 2 is 1.45 bits per heavy atom. The van der Waals surface area contributed by atoms with Crippen LogP contribution >= 0.6 is 0 Å². The first-order valence-electron chi connectivity index (χ1n) is 14.2. The normalized spacial score (nSPS) is 15.0. The molecular weight excluding hydrogens is 528 g/mol. The Balaban J connectivity index is 0.000000157. The van der Waals surface area contributed by atoms with Crippen LogP contribution in [0.5, 0.6) is 0 Å². The molecular formula is C31H34N10O. The van der Waals surface area contributed by atoms with Gasteiger partial charge in [-0.1, -0.05) is 48.5 Å². The summed E-state index contributed by atoms with van der Waals surface area (Å²) in [7, 11) is 3.88. The van der Waals surface area contributed by atoms with Crippen molar-refractivity contribution in [2.24, 2.45) is 0 Å². The van der Waals surface area contributed by atoms with E-state index in [9.17, 15) is 0 Å². The van der Waals surface area contributed by atoms with Crippen molar-refractivity contribution in [1.29, 1.82) is 0 Å². The molecule has 214 valence electrons. The van der Waals surface area contributed by atoms with E-state index in [1.54, 1.807) is 19.0 Å². The summed E-state index contributed by atoms with van der Waals surface area (Å²) in [5.41, 5.74) is 9.59. The van der Waals surface area contributed by atoms with Gasteiger partial charge >= 0.3 is 0 Å². The number of rotatable bonds is 7. The Hall–Kier alpha value is -4.58. The Kier molecular flexibility index (Phi) is 8.50. The summed E-state index contributed by atoms with van der Waals surface area (Å²) in [6, 6.07) is 16.7. The van der Waals surface area contributed by atoms with E-state index < -0.39 is 0 Å². The predicted octanol–water partition coefficient (Wildman–Crippen LogP) is 4.65. The first kappa shape index (κ1) is 27.6. The van der Waals surface area contributed by atoms with Crippen LogP contribution in [0.2, 0.25) is 0 Å². The summed E-state index contributed by atoms with van der Waals surface area (Å²) in [6.45, 7) is 2.52. The van der Waals surface area contributed by atoms with Crippen LogP contribution in [0, 0.1) is 0 Å². The average molecular weight is 563 g/mol. The van der Waals surface area contributed by atoms with Crippen LogP contribution in [0.25, 0.3) is 44.8 Å². The largest absolute Gasteiger partial charge is 0.358 e. The zero-order valence-electron chi connectivity index (χ0n) is 23.8. The van der Waals surface area contributed by atoms with E-state index >= 15 is 0 Å². The van der Waals surface area contributed by atoms with Gasteiger partial charge < -0.3 is 20.4 Å². The number of hydrogen-bond donors (Lipinski definition) is 3. The molecule has 1 unspecified atom stereocenters. The van der Waals surface area contributed by atoms with E-state index in [-0.39, 0.29) is 6.23 Å². The highest BCUT2D eigenvalue weighted by Crippen LogP contribution is 2.29. The molecule has 0 amide bonds. The second kappa shape index (κ2) is 12.9. The van der Waals surface area contributed by atoms with Gasteiger partial charge in [0, 0.05) is 30.8 Å². The number of imidazole rings is 2. The summed E-state index contributed by atoms with van der Waals surface area (Å²) >= 11 is 0. The van der Waals surface area contributed by atoms with Crippen molar-refractivity contribution in [3.63, 3.8) is 0 Å². The Morgan fingerprint density at radius 1 is 0.786 bits per heavy atom. The minimum atomic E-state index is 0.0319. The Bertz CT molecular complexity index is 1740. The molecule has 0 saturated carbocycles. The van der Waals surface area contributed by atoms with Crippen LogP contribution in [0.15, 0.2) is 73.8 Å². The SMILES string of the molecule is CNCc1ccc(-c2ncnc3c2ncn3C2CCCCO2)cc1.CNCc1ccc(-c2ncnc3nc[nH]c23)cc1. The second-order valence-corrected chi connectivity index (χ2v) is 10.1. The maximum atomic E-state index is 5.87. The molecule has 1 atom stereocenters. The van der Waals surface area contributed by atoms with Gasteiger partial charge in [0.15, 0.2) is 11.3 Å². The lowest BCUT2D eigenvalue weighted by Crippen LogP contribution is -2.17. The highest BCUT2D eigenvalue weighted by molar-refractivity contribution is 5.87. The van der Waals surface area contributed by atoms with Gasteiger partial charge in [-0.25, -0.2) is 29.9 Å². The Morgan fingerprint density at radius 3 is 2.12 bits per heavy atom. The van der Waals surface area contributed by atoms with Crippen LogP contribution in [0.1, 0.15) is 36.6 Å². The van der Waals surface area contributed by atoms with Crippen molar-refractivity contribution in [2.75, 3.05) is 20.7 Å². The first-order chi connectivity index (χ1) is 20.7. The molecule has 4 aromatic heterocycles. The molecule has 11 heteroatoms. The van der Waals surface area contributed by atoms with E-state index in [4.69, 9.17) is 4.74 Å². The van der Waals surface area contributed by atoms with Gasteiger partial charge in [0.2, 0.25) is 0 Å². The fourth-order valence-corrected chi connectivity index (χ4v) is 5.17. The van der Waals surface area contributed by atoms with Crippen LogP contribution in [0.4, 0.5) is 0 Å². The fraction of sp³-hybridized carbons (Fsp3) is 0.290. The maximum absolute atomic E-state index is 5.87. The lowest BCUT2D eigenvalue weighted by atomic mass is 10.1. The molecule has 5 heterocycles. The molecule has 42 heavy (non-hydrogen) atoms. The fourth-order valence-electron chi connectivity index (χ4n) is 5.17. The lowest BCUT2D eigenvalue weighted by molar-refractivity contribution is -0.0298. The summed E-state index contributed by atoms with van der Waals surface area (Å²) < 4.78 is 7.91. The van der Waals surface area contributed by atoms with Gasteiger partial charge in [-0.05, 0) is 44.5 Å². The van der Waals surface area contributed by atoms with Crippen molar-refractivity contribution in [1.82, 2.24) is 50.1 Å². The van der Waals surface area contributed by atoms with Gasteiger partial charge in [-0.15, -0.1) is 0 Å². The molecule has 1 fully saturated rings. The highest BCUT2D eigenvalue weighted by atomic mass is 16.5. The van der Waals surface area contributed by atoms with Crippen molar-refractivity contribution in [3.05, 3.63) is 85.0 Å². The molecule has 1 saturated heterocycles. The molecule has 0 spiro atoms. The molecule has 0 bridgehead atoms. The van der Waals surface area contributed by atoms with E-state index in [0.717, 1.165) is 71.7 Å². The van der Waals surface area contributed by atoms with Gasteiger partial charge in [-0.3, -0.25) is 4.57 Å². The predicted molar refractivity (Wildman–Crippen MR) is 162 cm³/mol. The van der Waals surface area contributed by atoms with Crippen LogP contribution < -0.4 is 10.6 Å². The third-order valence-corrected chi connectivity index (χ3v) is 7.26. The van der Waals surface area contributed by atoms with Crippen LogP contribution in [0.3, 0.4) is 0 Å². The minimum Gasteiger partial charge on any atom is -0.358 e. The van der Waals surface area contributed by atoms with Crippen molar-refractivity contribution < 1.29 is 4.74 Å². The molecule has 0 aliphatic carbocycles. The molecule has 11 nitrogen and oxygen atoms in total. The van der Waals surface area contributed by atoms with Crippen LogP contribution in [-0.2, 0) is 17.8 Å². The van der Waals surface area contributed by atoms with E-state index in [2.05, 4.69) is 94.1 Å². The lowest BCUT2D eigenvalue weighted by Gasteiger charge is -2.23. The Labute approximate surface area is 243 Å². The molecule has 0 radical (unpaired) electrons. The number of aromatic amines is 1. The topological polar surface area (TPSA) is 131 Å². The van der Waals surface area contributed by atoms with Gasteiger partial charge in [0.05, 0.1) is 18.3 Å². The van der Waals surface area contributed by atoms with Crippen molar-refractivity contribution >= 4 is 22.3 Å². The molecule has 1 aliphatic heterocycles. The smallest absolute Gasteiger partial charge is 0.181 e. The van der Waals surface area contributed by atoms with E-state index in [0.29, 0.717) is 5.65 Å². The number of fused-ring (bicyclic) bond motifs is 2. The summed E-state index contributed by atoms with van der Waals surface area (Å²) in [5.74, 6) is 0. The number of H-pyrrole nitrogens is 1. The van der Waals surface area contributed by atoms with Crippen molar-refractivity contribution in [2.45, 2.75) is 38.6 Å². The standard InChI is InChI=1S/C18H21N5O.C13H13N5/c1-19-10-13-5-7-14(8-6-13)16-17-18(21-11-20-16)23(12-22-17)15-4-2-3-9-24-15;1-14-6-9-2-4-10(5-3-9)11-12-13(17-7-15-11)18-8-16-12/h5-8,11-12,15,19H,2-4,9-10H2,1H3;2-5,7-8,14H,6H2,1H3,(H,15,16,17,18). The number of nitrogens with one attached hydrogen (secondary N) is 3. The summed E-state index contributed by atoms with van der Waals surface area (Å²) in [5, 5.41) is 6.28. The maximum Gasteiger partial charge on any atom is 0.181 e. The molecule has 2 aromatic carbocycles. The monoisotopic (exact) mass is 562 g/mol. The number of nitrogens with zero attached hydrogens (tertiary/aromatic N) is 7. The molecule has 6 aromatic rings. The summed E-state index contributed by atoms with van der Waals surface area (Å²) in [4.78, 5) is 29.1. The van der Waals surface area contributed by atoms with Gasteiger partial charge in [-0.2, -0.15) is 0 Å². The zero-order valence-corrected chi connectivity index (χ0v) is 23.8. The van der Waals surface area contributed by atoms with E-state index in [1.807, 2.05) is 25.0 Å². The van der Waals surface area contributed by atoms with Gasteiger partial charge in [0.25, 0.3) is 0 Å².